The van der Waals surface area contributed by atoms with E-state index >= 15 is 0 Å². The van der Waals surface area contributed by atoms with E-state index in [1.807, 2.05) is 0 Å². The van der Waals surface area contributed by atoms with Gasteiger partial charge in [0.2, 0.25) is 0 Å². The molecule has 0 aromatic carbocycles. The molecule has 1 aliphatic carbocycles. The molecule has 0 bridgehead atoms. The van der Waals surface area contributed by atoms with Gasteiger partial charge in [-0.2, -0.15) is 8.42 Å². The number of carbonyl (C=O) groups excluding carboxylic acids is 1. The van der Waals surface area contributed by atoms with E-state index in [1.54, 1.807) is 0 Å². The molecule has 0 aromatic heterocycles. The van der Waals surface area contributed by atoms with E-state index in [-0.39, 0.29) is 34.6 Å². The molecule has 172 valence electrons. The molecule has 1 rings (SSSR count). The molecule has 9 heteroatoms. The summed E-state index contributed by atoms with van der Waals surface area (Å²) in [7, 11) is -7.92. The van der Waals surface area contributed by atoms with Gasteiger partial charge < -0.3 is 8.85 Å². The standard InChI is InChI=1S/C20H42O6SSi2/c1-19(2,3)28(8,9)24-14-16-17(25-27(7,22)23)12-15(21)13-18(16)26-29(10,11)20(4,5)6/h16-18H,12-14H2,1-11H3/t16-,17+,18-/m0/s1. The molecule has 0 aliphatic heterocycles. The minimum atomic E-state index is -3.70. The van der Waals surface area contributed by atoms with E-state index in [0.29, 0.717) is 6.61 Å². The van der Waals surface area contributed by atoms with Gasteiger partial charge in [0, 0.05) is 25.4 Å². The molecule has 1 fully saturated rings. The molecule has 0 radical (unpaired) electrons. The Morgan fingerprint density at radius 2 is 1.34 bits per heavy atom. The van der Waals surface area contributed by atoms with Crippen LogP contribution in [0.4, 0.5) is 0 Å². The van der Waals surface area contributed by atoms with Crippen LogP contribution in [0.25, 0.3) is 0 Å². The smallest absolute Gasteiger partial charge is 0.264 e. The highest BCUT2D eigenvalue weighted by atomic mass is 32.2. The predicted octanol–water partition coefficient (Wildman–Crippen LogP) is 4.72. The second-order valence-corrected chi connectivity index (χ2v) is 22.6. The van der Waals surface area contributed by atoms with Crippen molar-refractivity contribution in [3.8, 4) is 0 Å². The largest absolute Gasteiger partial charge is 0.416 e. The van der Waals surface area contributed by atoms with E-state index < -0.39 is 39.0 Å². The van der Waals surface area contributed by atoms with Crippen LogP contribution in [0.1, 0.15) is 54.4 Å². The fourth-order valence-electron chi connectivity index (χ4n) is 2.82. The predicted molar refractivity (Wildman–Crippen MR) is 123 cm³/mol. The Bertz CT molecular complexity index is 689. The summed E-state index contributed by atoms with van der Waals surface area (Å²) < 4.78 is 42.1. The van der Waals surface area contributed by atoms with Gasteiger partial charge in [0.25, 0.3) is 10.1 Å². The number of rotatable bonds is 7. The van der Waals surface area contributed by atoms with Crippen LogP contribution in [0.15, 0.2) is 0 Å². The zero-order valence-corrected chi connectivity index (χ0v) is 23.0. The van der Waals surface area contributed by atoms with E-state index in [2.05, 4.69) is 67.7 Å². The zero-order chi connectivity index (χ0) is 23.1. The molecule has 0 aromatic rings. The van der Waals surface area contributed by atoms with E-state index in [9.17, 15) is 13.2 Å². The van der Waals surface area contributed by atoms with Crippen LogP contribution in [0.3, 0.4) is 0 Å². The molecule has 0 heterocycles. The van der Waals surface area contributed by atoms with Gasteiger partial charge in [0.15, 0.2) is 16.6 Å². The van der Waals surface area contributed by atoms with Crippen molar-refractivity contribution in [2.75, 3.05) is 12.9 Å². The number of hydrogen-bond donors (Lipinski definition) is 0. The minimum absolute atomic E-state index is 0.0223. The molecule has 1 aliphatic rings. The quantitative estimate of drug-likeness (QED) is 0.399. The lowest BCUT2D eigenvalue weighted by molar-refractivity contribution is -0.130. The third kappa shape index (κ3) is 7.53. The van der Waals surface area contributed by atoms with E-state index in [4.69, 9.17) is 13.0 Å². The molecule has 0 N–H and O–H groups in total. The summed E-state index contributed by atoms with van der Waals surface area (Å²) in [4.78, 5) is 12.4. The van der Waals surface area contributed by atoms with Gasteiger partial charge >= 0.3 is 0 Å². The van der Waals surface area contributed by atoms with Crippen molar-refractivity contribution in [2.45, 2.75) is 103 Å². The molecule has 6 nitrogen and oxygen atoms in total. The zero-order valence-electron chi connectivity index (χ0n) is 20.2. The SMILES string of the molecule is CC(C)(C)[Si](C)(C)OC[C@@H]1[C@@H](O[Si](C)(C)C(C)(C)C)CC(=O)C[C@H]1OS(C)(=O)=O. The van der Waals surface area contributed by atoms with E-state index in [0.717, 1.165) is 6.26 Å². The lowest BCUT2D eigenvalue weighted by Gasteiger charge is -2.45. The normalized spacial score (nSPS) is 25.3. The third-order valence-corrected chi connectivity index (χ3v) is 16.4. The summed E-state index contributed by atoms with van der Waals surface area (Å²) in [6, 6.07) is 0. The Balaban J connectivity index is 3.22. The van der Waals surface area contributed by atoms with Crippen LogP contribution in [-0.2, 0) is 27.9 Å². The summed E-state index contributed by atoms with van der Waals surface area (Å²) in [5, 5.41) is 0.00593. The number of ketones is 1. The van der Waals surface area contributed by atoms with Crippen LogP contribution in [-0.4, -0.2) is 55.9 Å². The Hall–Kier alpha value is -0.0662. The average Bonchev–Trinajstić information content (AvgIpc) is 2.41. The first kappa shape index (κ1) is 27.0. The van der Waals surface area contributed by atoms with Gasteiger partial charge in [-0.05, 0) is 36.3 Å². The van der Waals surface area contributed by atoms with Crippen LogP contribution in [0.5, 0.6) is 0 Å². The first-order valence-electron chi connectivity index (χ1n) is 10.4. The maximum atomic E-state index is 12.4. The summed E-state index contributed by atoms with van der Waals surface area (Å²) in [6.07, 6.45) is 0.249. The van der Waals surface area contributed by atoms with Crippen molar-refractivity contribution in [2.24, 2.45) is 5.92 Å². The number of hydrogen-bond acceptors (Lipinski definition) is 6. The Kier molecular flexibility index (Phi) is 8.20. The van der Waals surface area contributed by atoms with Crippen LogP contribution < -0.4 is 0 Å². The van der Waals surface area contributed by atoms with Crippen molar-refractivity contribution < 1.29 is 26.2 Å². The highest BCUT2D eigenvalue weighted by Gasteiger charge is 2.47. The molecule has 0 saturated heterocycles. The first-order chi connectivity index (χ1) is 12.7. The fourth-order valence-corrected chi connectivity index (χ4v) is 5.89. The summed E-state index contributed by atoms with van der Waals surface area (Å²) in [5.74, 6) is -0.323. The first-order valence-corrected chi connectivity index (χ1v) is 18.0. The number of carbonyl (C=O) groups is 1. The summed E-state index contributed by atoms with van der Waals surface area (Å²) in [5.41, 5.74) is 0. The third-order valence-electron chi connectivity index (χ3n) is 6.81. The molecule has 0 unspecified atom stereocenters. The molecule has 3 atom stereocenters. The van der Waals surface area contributed by atoms with Gasteiger partial charge in [-0.25, -0.2) is 0 Å². The maximum absolute atomic E-state index is 12.4. The van der Waals surface area contributed by atoms with Gasteiger partial charge in [0.1, 0.15) is 5.78 Å². The monoisotopic (exact) mass is 466 g/mol. The summed E-state index contributed by atoms with van der Waals surface area (Å²) >= 11 is 0. The minimum Gasteiger partial charge on any atom is -0.416 e. The number of Topliss-reactive ketones (excluding diaryl/α,β-unsaturated/α-hetero) is 1. The van der Waals surface area contributed by atoms with Gasteiger partial charge in [-0.3, -0.25) is 8.98 Å². The topological polar surface area (TPSA) is 78.9 Å². The fraction of sp³-hybridized carbons (Fsp3) is 0.950. The van der Waals surface area contributed by atoms with Crippen molar-refractivity contribution >= 4 is 32.5 Å². The van der Waals surface area contributed by atoms with Gasteiger partial charge in [-0.1, -0.05) is 41.5 Å². The molecular formula is C20H42O6SSi2. The van der Waals surface area contributed by atoms with Crippen LogP contribution in [0, 0.1) is 5.92 Å². The molecule has 1 saturated carbocycles. The average molecular weight is 467 g/mol. The lowest BCUT2D eigenvalue weighted by Crippen LogP contribution is -2.54. The Morgan fingerprint density at radius 3 is 1.76 bits per heavy atom. The van der Waals surface area contributed by atoms with E-state index in [1.165, 1.54) is 0 Å². The van der Waals surface area contributed by atoms with Gasteiger partial charge in [0.05, 0.1) is 18.5 Å². The Labute approximate surface area is 180 Å². The molecule has 0 amide bonds. The maximum Gasteiger partial charge on any atom is 0.264 e. The molecular weight excluding hydrogens is 424 g/mol. The second-order valence-electron chi connectivity index (χ2n) is 11.4. The van der Waals surface area contributed by atoms with Crippen LogP contribution >= 0.6 is 0 Å². The lowest BCUT2D eigenvalue weighted by atomic mass is 9.84. The molecule has 0 spiro atoms. The van der Waals surface area contributed by atoms with Crippen LogP contribution in [0.2, 0.25) is 36.3 Å². The summed E-state index contributed by atoms with van der Waals surface area (Å²) in [6.45, 7) is 21.9. The highest BCUT2D eigenvalue weighted by Crippen LogP contribution is 2.42. The molecule has 29 heavy (non-hydrogen) atoms. The van der Waals surface area contributed by atoms with Crippen molar-refractivity contribution in [3.63, 3.8) is 0 Å². The van der Waals surface area contributed by atoms with Crippen molar-refractivity contribution in [3.05, 3.63) is 0 Å². The highest BCUT2D eigenvalue weighted by molar-refractivity contribution is 7.86. The van der Waals surface area contributed by atoms with Crippen molar-refractivity contribution in [1.82, 2.24) is 0 Å². The Morgan fingerprint density at radius 1 is 0.897 bits per heavy atom. The van der Waals surface area contributed by atoms with Gasteiger partial charge in [-0.15, -0.1) is 0 Å². The second kappa shape index (κ2) is 8.82. The van der Waals surface area contributed by atoms with Crippen molar-refractivity contribution in [1.29, 1.82) is 0 Å².